The molecule has 9 heteroatoms. The molecule has 0 bridgehead atoms. The smallest absolute Gasteiger partial charge is 0.306 e. The number of carbonyl (C=O) groups is 4. The van der Waals surface area contributed by atoms with Gasteiger partial charge in [-0.25, -0.2) is 0 Å². The van der Waals surface area contributed by atoms with Crippen LogP contribution >= 0.6 is 0 Å². The van der Waals surface area contributed by atoms with E-state index >= 15 is 0 Å². The second-order valence-electron chi connectivity index (χ2n) is 10.1. The van der Waals surface area contributed by atoms with Crippen molar-refractivity contribution in [2.45, 2.75) is 51.8 Å². The molecule has 1 atom stereocenters. The van der Waals surface area contributed by atoms with Crippen LogP contribution in [0.3, 0.4) is 0 Å². The zero-order valence-electron chi connectivity index (χ0n) is 21.6. The van der Waals surface area contributed by atoms with Crippen LogP contribution in [0.5, 0.6) is 0 Å². The number of primary amides is 1. The monoisotopic (exact) mass is 514 g/mol. The zero-order valence-corrected chi connectivity index (χ0v) is 21.6. The fraction of sp³-hybridized carbons (Fsp3) is 0.276. The highest BCUT2D eigenvalue weighted by Gasteiger charge is 2.36. The van der Waals surface area contributed by atoms with E-state index in [0.29, 0.717) is 22.5 Å². The lowest BCUT2D eigenvalue weighted by Gasteiger charge is -2.25. The number of anilines is 1. The molecule has 3 amide bonds. The van der Waals surface area contributed by atoms with Gasteiger partial charge in [-0.3, -0.25) is 24.2 Å². The van der Waals surface area contributed by atoms with E-state index in [-0.39, 0.29) is 31.2 Å². The average Bonchev–Trinajstić information content (AvgIpc) is 3.19. The Labute approximate surface area is 221 Å². The summed E-state index contributed by atoms with van der Waals surface area (Å²) < 4.78 is 5.31. The quantitative estimate of drug-likeness (QED) is 0.438. The Hall–Kier alpha value is -4.53. The molecule has 2 aromatic carbocycles. The summed E-state index contributed by atoms with van der Waals surface area (Å²) in [4.78, 5) is 55.7. The summed E-state index contributed by atoms with van der Waals surface area (Å²) in [5.74, 6) is -1.67. The second kappa shape index (κ2) is 10.8. The van der Waals surface area contributed by atoms with Crippen LogP contribution in [0.15, 0.2) is 66.9 Å². The fourth-order valence-corrected chi connectivity index (χ4v) is 4.28. The van der Waals surface area contributed by atoms with Crippen LogP contribution in [0.1, 0.15) is 59.9 Å². The molecule has 1 unspecified atom stereocenters. The van der Waals surface area contributed by atoms with Crippen molar-refractivity contribution >= 4 is 29.4 Å². The first-order valence-corrected chi connectivity index (χ1v) is 12.3. The summed E-state index contributed by atoms with van der Waals surface area (Å²) >= 11 is 0. The van der Waals surface area contributed by atoms with E-state index in [1.165, 1.54) is 4.90 Å². The summed E-state index contributed by atoms with van der Waals surface area (Å²) in [6.07, 6.45) is 1.61. The van der Waals surface area contributed by atoms with Gasteiger partial charge in [0.2, 0.25) is 5.91 Å². The lowest BCUT2D eigenvalue weighted by atomic mass is 10.0. The van der Waals surface area contributed by atoms with E-state index in [2.05, 4.69) is 10.3 Å². The van der Waals surface area contributed by atoms with Crippen LogP contribution in [0.4, 0.5) is 5.69 Å². The third-order valence-corrected chi connectivity index (χ3v) is 6.04. The molecular formula is C29H30N4O5. The van der Waals surface area contributed by atoms with Crippen molar-refractivity contribution in [3.8, 4) is 11.3 Å². The number of benzene rings is 2. The maximum absolute atomic E-state index is 13.1. The third-order valence-electron chi connectivity index (χ3n) is 6.04. The van der Waals surface area contributed by atoms with Gasteiger partial charge in [0.05, 0.1) is 17.6 Å². The molecule has 2 heterocycles. The predicted molar refractivity (Wildman–Crippen MR) is 142 cm³/mol. The maximum Gasteiger partial charge on any atom is 0.306 e. The van der Waals surface area contributed by atoms with Crippen LogP contribution in [0.25, 0.3) is 11.3 Å². The fourth-order valence-electron chi connectivity index (χ4n) is 4.28. The molecule has 1 aliphatic heterocycles. The standard InChI is InChI=1S/C29H30N4O5/c1-29(2,3)38-25(34)14-13-24(26(30)35)33-17-20-15-19(9-11-22(20)28(33)37)23-12-10-21(16-31-23)32-27(36)18-7-5-4-6-8-18/h4-12,15-16,24H,13-14,17H2,1-3H3,(H2,30,35)(H,32,36). The summed E-state index contributed by atoms with van der Waals surface area (Å²) in [6.45, 7) is 5.47. The largest absolute Gasteiger partial charge is 0.460 e. The van der Waals surface area contributed by atoms with Crippen molar-refractivity contribution in [1.29, 1.82) is 0 Å². The summed E-state index contributed by atoms with van der Waals surface area (Å²) in [5, 5.41) is 2.82. The SMILES string of the molecule is CC(C)(C)OC(=O)CCC(C(N)=O)N1Cc2cc(-c3ccc(NC(=O)c4ccccc4)cn3)ccc2C1=O. The van der Waals surface area contributed by atoms with E-state index in [4.69, 9.17) is 10.5 Å². The Bertz CT molecular complexity index is 1360. The second-order valence-corrected chi connectivity index (χ2v) is 10.1. The van der Waals surface area contributed by atoms with Crippen LogP contribution in [-0.2, 0) is 20.9 Å². The number of nitrogens with two attached hydrogens (primary N) is 1. The normalized spacial score (nSPS) is 13.6. The number of nitrogens with one attached hydrogen (secondary N) is 1. The van der Waals surface area contributed by atoms with Crippen LogP contribution in [0.2, 0.25) is 0 Å². The van der Waals surface area contributed by atoms with Gasteiger partial charge in [-0.15, -0.1) is 0 Å². The van der Waals surface area contributed by atoms with Crippen LogP contribution in [0, 0.1) is 0 Å². The molecule has 3 aromatic rings. The molecule has 196 valence electrons. The molecule has 38 heavy (non-hydrogen) atoms. The van der Waals surface area contributed by atoms with Crippen LogP contribution < -0.4 is 11.1 Å². The number of carbonyl (C=O) groups excluding carboxylic acids is 4. The van der Waals surface area contributed by atoms with Crippen molar-refractivity contribution in [2.75, 3.05) is 5.32 Å². The van der Waals surface area contributed by atoms with Gasteiger partial charge >= 0.3 is 5.97 Å². The molecular weight excluding hydrogens is 484 g/mol. The lowest BCUT2D eigenvalue weighted by molar-refractivity contribution is -0.155. The Morgan fingerprint density at radius 1 is 1.08 bits per heavy atom. The topological polar surface area (TPSA) is 132 Å². The minimum absolute atomic E-state index is 0.0344. The van der Waals surface area contributed by atoms with Gasteiger partial charge < -0.3 is 20.7 Å². The number of hydrogen-bond donors (Lipinski definition) is 2. The molecule has 9 nitrogen and oxygen atoms in total. The summed E-state index contributed by atoms with van der Waals surface area (Å²) in [5.41, 5.74) is 8.72. The van der Waals surface area contributed by atoms with E-state index in [1.54, 1.807) is 75.5 Å². The molecule has 1 aliphatic rings. The predicted octanol–water partition coefficient (Wildman–Crippen LogP) is 3.93. The number of pyridine rings is 1. The van der Waals surface area contributed by atoms with Gasteiger partial charge in [0.1, 0.15) is 11.6 Å². The Balaban J connectivity index is 1.45. The van der Waals surface area contributed by atoms with Gasteiger partial charge in [0.25, 0.3) is 11.8 Å². The van der Waals surface area contributed by atoms with Crippen LogP contribution in [-0.4, -0.2) is 45.2 Å². The number of rotatable bonds is 8. The van der Waals surface area contributed by atoms with Gasteiger partial charge in [-0.2, -0.15) is 0 Å². The van der Waals surface area contributed by atoms with Crippen molar-refractivity contribution in [1.82, 2.24) is 9.88 Å². The maximum atomic E-state index is 13.1. The van der Waals surface area contributed by atoms with Crippen molar-refractivity contribution in [3.05, 3.63) is 83.6 Å². The highest BCUT2D eigenvalue weighted by Crippen LogP contribution is 2.30. The molecule has 0 saturated heterocycles. The third kappa shape index (κ3) is 6.23. The van der Waals surface area contributed by atoms with Crippen molar-refractivity contribution < 1.29 is 23.9 Å². The molecule has 0 aliphatic carbocycles. The number of ether oxygens (including phenoxy) is 1. The highest BCUT2D eigenvalue weighted by molar-refractivity contribution is 6.04. The van der Waals surface area contributed by atoms with E-state index in [1.807, 2.05) is 12.1 Å². The van der Waals surface area contributed by atoms with Gasteiger partial charge in [0.15, 0.2) is 0 Å². The number of aromatic nitrogens is 1. The van der Waals surface area contributed by atoms with Crippen molar-refractivity contribution in [3.63, 3.8) is 0 Å². The Kier molecular flexibility index (Phi) is 7.57. The Morgan fingerprint density at radius 3 is 2.45 bits per heavy atom. The molecule has 0 fully saturated rings. The zero-order chi connectivity index (χ0) is 27.4. The molecule has 1 aromatic heterocycles. The van der Waals surface area contributed by atoms with E-state index < -0.39 is 23.5 Å². The number of fused-ring (bicyclic) bond motifs is 1. The number of esters is 1. The highest BCUT2D eigenvalue weighted by atomic mass is 16.6. The van der Waals surface area contributed by atoms with E-state index in [0.717, 1.165) is 11.1 Å². The van der Waals surface area contributed by atoms with Gasteiger partial charge in [0, 0.05) is 29.7 Å². The number of nitrogens with zero attached hydrogens (tertiary/aromatic N) is 2. The summed E-state index contributed by atoms with van der Waals surface area (Å²) in [6, 6.07) is 16.8. The molecule has 3 N–H and O–H groups in total. The minimum atomic E-state index is -0.934. The molecule has 0 saturated carbocycles. The Morgan fingerprint density at radius 2 is 1.82 bits per heavy atom. The molecule has 4 rings (SSSR count). The van der Waals surface area contributed by atoms with Gasteiger partial charge in [-0.1, -0.05) is 24.3 Å². The first kappa shape index (κ1) is 26.5. The first-order chi connectivity index (χ1) is 18.0. The summed E-state index contributed by atoms with van der Waals surface area (Å²) in [7, 11) is 0. The number of amides is 3. The van der Waals surface area contributed by atoms with Crippen molar-refractivity contribution in [2.24, 2.45) is 5.73 Å². The average molecular weight is 515 g/mol. The number of hydrogen-bond acceptors (Lipinski definition) is 6. The van der Waals surface area contributed by atoms with Gasteiger partial charge in [-0.05, 0) is 69.2 Å². The minimum Gasteiger partial charge on any atom is -0.460 e. The van der Waals surface area contributed by atoms with E-state index in [9.17, 15) is 19.2 Å². The lowest BCUT2D eigenvalue weighted by Crippen LogP contribution is -2.45. The molecule has 0 spiro atoms. The molecule has 0 radical (unpaired) electrons. The first-order valence-electron chi connectivity index (χ1n) is 12.3.